The summed E-state index contributed by atoms with van der Waals surface area (Å²) in [5.74, 6) is 2.07. The van der Waals surface area contributed by atoms with Crippen LogP contribution in [0.1, 0.15) is 71.3 Å². The molecule has 0 radical (unpaired) electrons. The third-order valence-corrected chi connectivity index (χ3v) is 6.21. The first-order chi connectivity index (χ1) is 11.0. The molecule has 3 heteroatoms. The Morgan fingerprint density at radius 2 is 2.13 bits per heavy atom. The topological polar surface area (TPSA) is 32.3 Å². The van der Waals surface area contributed by atoms with Crippen molar-refractivity contribution in [1.29, 1.82) is 0 Å². The number of benzene rings is 1. The molecule has 1 saturated carbocycles. The van der Waals surface area contributed by atoms with Gasteiger partial charge in [-0.05, 0) is 55.7 Å². The maximum absolute atomic E-state index is 10.1. The monoisotopic (exact) mass is 381 g/mol. The van der Waals surface area contributed by atoms with Crippen LogP contribution in [0.4, 0.5) is 0 Å². The van der Waals surface area contributed by atoms with Gasteiger partial charge < -0.3 is 10.4 Å². The van der Waals surface area contributed by atoms with E-state index < -0.39 is 0 Å². The van der Waals surface area contributed by atoms with E-state index in [9.17, 15) is 5.11 Å². The Balaban J connectivity index is 2.10. The van der Waals surface area contributed by atoms with Crippen molar-refractivity contribution in [1.82, 2.24) is 5.32 Å². The van der Waals surface area contributed by atoms with Crippen molar-refractivity contribution in [3.63, 3.8) is 0 Å². The van der Waals surface area contributed by atoms with E-state index in [1.807, 2.05) is 12.1 Å². The number of hydrogen-bond acceptors (Lipinski definition) is 2. The van der Waals surface area contributed by atoms with Crippen molar-refractivity contribution < 1.29 is 5.11 Å². The minimum atomic E-state index is 0.218. The molecule has 0 amide bonds. The second-order valence-electron chi connectivity index (χ2n) is 7.47. The molecule has 0 saturated heterocycles. The molecule has 1 aromatic carbocycles. The van der Waals surface area contributed by atoms with Gasteiger partial charge in [0.15, 0.2) is 0 Å². The predicted octanol–water partition coefficient (Wildman–Crippen LogP) is 6.02. The molecule has 0 aromatic heterocycles. The van der Waals surface area contributed by atoms with Crippen molar-refractivity contribution in [3.8, 4) is 5.75 Å². The van der Waals surface area contributed by atoms with Crippen molar-refractivity contribution in [2.45, 2.75) is 77.8 Å². The SMILES string of the molecule is CCC1CC(C)CCCC(CC)(NCc2cc(Br)ccc2O)C1. The molecule has 1 aliphatic carbocycles. The van der Waals surface area contributed by atoms with Crippen LogP contribution in [0.5, 0.6) is 5.75 Å². The molecule has 1 fully saturated rings. The minimum absolute atomic E-state index is 0.218. The van der Waals surface area contributed by atoms with Gasteiger partial charge in [0.25, 0.3) is 0 Å². The number of phenolic OH excluding ortho intramolecular Hbond substituents is 1. The summed E-state index contributed by atoms with van der Waals surface area (Å²) >= 11 is 3.50. The van der Waals surface area contributed by atoms with Crippen LogP contribution < -0.4 is 5.32 Å². The van der Waals surface area contributed by atoms with Gasteiger partial charge in [0.1, 0.15) is 5.75 Å². The Hall–Kier alpha value is -0.540. The molecule has 3 atom stereocenters. The molecule has 2 N–H and O–H groups in total. The van der Waals surface area contributed by atoms with Crippen LogP contribution in [0.25, 0.3) is 0 Å². The summed E-state index contributed by atoms with van der Waals surface area (Å²) < 4.78 is 1.02. The number of aromatic hydroxyl groups is 1. The largest absolute Gasteiger partial charge is 0.508 e. The smallest absolute Gasteiger partial charge is 0.120 e. The molecule has 1 aliphatic rings. The van der Waals surface area contributed by atoms with Gasteiger partial charge in [-0.3, -0.25) is 0 Å². The molecule has 0 spiro atoms. The molecule has 130 valence electrons. The molecular weight excluding hydrogens is 350 g/mol. The zero-order valence-electron chi connectivity index (χ0n) is 14.9. The molecular formula is C20H32BrNO. The quantitative estimate of drug-likeness (QED) is 0.653. The van der Waals surface area contributed by atoms with E-state index in [1.54, 1.807) is 6.07 Å². The standard InChI is InChI=1S/C20H32BrNO/c1-4-16-11-15(3)7-6-10-20(5-2,13-16)22-14-17-12-18(21)8-9-19(17)23/h8-9,12,15-16,22-23H,4-7,10-11,13-14H2,1-3H3. The lowest BCUT2D eigenvalue weighted by Crippen LogP contribution is -2.46. The minimum Gasteiger partial charge on any atom is -0.508 e. The van der Waals surface area contributed by atoms with Gasteiger partial charge in [-0.1, -0.05) is 56.0 Å². The fourth-order valence-electron chi connectivity index (χ4n) is 4.11. The van der Waals surface area contributed by atoms with Crippen LogP contribution in [-0.4, -0.2) is 10.6 Å². The molecule has 0 bridgehead atoms. The second kappa shape index (κ2) is 8.53. The van der Waals surface area contributed by atoms with Crippen molar-refractivity contribution in [3.05, 3.63) is 28.2 Å². The van der Waals surface area contributed by atoms with Crippen LogP contribution in [0.15, 0.2) is 22.7 Å². The van der Waals surface area contributed by atoms with Crippen LogP contribution in [0.3, 0.4) is 0 Å². The highest BCUT2D eigenvalue weighted by Crippen LogP contribution is 2.36. The Bertz CT molecular complexity index is 504. The van der Waals surface area contributed by atoms with Crippen LogP contribution >= 0.6 is 15.9 Å². The summed E-state index contributed by atoms with van der Waals surface area (Å²) in [6, 6.07) is 5.68. The highest BCUT2D eigenvalue weighted by molar-refractivity contribution is 9.10. The van der Waals surface area contributed by atoms with Gasteiger partial charge in [0.2, 0.25) is 0 Å². The number of hydrogen-bond donors (Lipinski definition) is 2. The zero-order chi connectivity index (χ0) is 16.9. The maximum Gasteiger partial charge on any atom is 0.120 e. The van der Waals surface area contributed by atoms with E-state index >= 15 is 0 Å². The first-order valence-electron chi connectivity index (χ1n) is 9.20. The highest BCUT2D eigenvalue weighted by atomic mass is 79.9. The Morgan fingerprint density at radius 1 is 1.35 bits per heavy atom. The fourth-order valence-corrected chi connectivity index (χ4v) is 4.52. The molecule has 23 heavy (non-hydrogen) atoms. The number of nitrogens with one attached hydrogen (secondary N) is 1. The van der Waals surface area contributed by atoms with Gasteiger partial charge in [-0.25, -0.2) is 0 Å². The van der Waals surface area contributed by atoms with E-state index in [2.05, 4.69) is 42.0 Å². The van der Waals surface area contributed by atoms with Crippen LogP contribution in [-0.2, 0) is 6.54 Å². The predicted molar refractivity (Wildman–Crippen MR) is 102 cm³/mol. The van der Waals surface area contributed by atoms with Gasteiger partial charge in [0, 0.05) is 22.1 Å². The lowest BCUT2D eigenvalue weighted by Gasteiger charge is -2.40. The first-order valence-corrected chi connectivity index (χ1v) is 9.99. The molecule has 0 heterocycles. The summed E-state index contributed by atoms with van der Waals surface area (Å²) in [5, 5.41) is 13.9. The summed E-state index contributed by atoms with van der Waals surface area (Å²) in [6.45, 7) is 7.80. The normalized spacial score (nSPS) is 29.0. The van der Waals surface area contributed by atoms with Gasteiger partial charge in [-0.15, -0.1) is 0 Å². The Labute approximate surface area is 150 Å². The lowest BCUT2D eigenvalue weighted by atomic mass is 9.73. The van der Waals surface area contributed by atoms with Crippen LogP contribution in [0, 0.1) is 11.8 Å². The molecule has 3 unspecified atom stereocenters. The average Bonchev–Trinajstić information content (AvgIpc) is 2.52. The molecule has 2 rings (SSSR count). The zero-order valence-corrected chi connectivity index (χ0v) is 16.5. The Morgan fingerprint density at radius 3 is 2.83 bits per heavy atom. The van der Waals surface area contributed by atoms with E-state index in [1.165, 1.54) is 38.5 Å². The third-order valence-electron chi connectivity index (χ3n) is 5.72. The first kappa shape index (κ1) is 18.8. The fraction of sp³-hybridized carbons (Fsp3) is 0.700. The molecule has 2 nitrogen and oxygen atoms in total. The molecule has 0 aliphatic heterocycles. The van der Waals surface area contributed by atoms with Gasteiger partial charge in [0.05, 0.1) is 0 Å². The Kier molecular flexibility index (Phi) is 6.97. The summed E-state index contributed by atoms with van der Waals surface area (Å²) in [4.78, 5) is 0. The number of halogens is 1. The van der Waals surface area contributed by atoms with E-state index in [4.69, 9.17) is 0 Å². The van der Waals surface area contributed by atoms with E-state index in [-0.39, 0.29) is 5.54 Å². The van der Waals surface area contributed by atoms with Crippen molar-refractivity contribution in [2.75, 3.05) is 0 Å². The molecule has 1 aromatic rings. The average molecular weight is 382 g/mol. The van der Waals surface area contributed by atoms with Gasteiger partial charge >= 0.3 is 0 Å². The number of rotatable bonds is 5. The van der Waals surface area contributed by atoms with Gasteiger partial charge in [-0.2, -0.15) is 0 Å². The second-order valence-corrected chi connectivity index (χ2v) is 8.39. The van der Waals surface area contributed by atoms with Crippen molar-refractivity contribution in [2.24, 2.45) is 11.8 Å². The van der Waals surface area contributed by atoms with Crippen LogP contribution in [0.2, 0.25) is 0 Å². The van der Waals surface area contributed by atoms with E-state index in [0.29, 0.717) is 5.75 Å². The number of phenols is 1. The summed E-state index contributed by atoms with van der Waals surface area (Å²) in [7, 11) is 0. The lowest BCUT2D eigenvalue weighted by molar-refractivity contribution is 0.172. The van der Waals surface area contributed by atoms with Crippen molar-refractivity contribution >= 4 is 15.9 Å². The summed E-state index contributed by atoms with van der Waals surface area (Å²) in [6.07, 6.45) is 8.97. The maximum atomic E-state index is 10.1. The van der Waals surface area contributed by atoms with E-state index in [0.717, 1.165) is 34.8 Å². The third kappa shape index (κ3) is 5.22. The summed E-state index contributed by atoms with van der Waals surface area (Å²) in [5.41, 5.74) is 1.20. The highest BCUT2D eigenvalue weighted by Gasteiger charge is 2.32.